The monoisotopic (exact) mass is 170 g/mol. The fourth-order valence-corrected chi connectivity index (χ4v) is 2.14. The standard InChI is InChI=1S/C6H11N4P/c1-2-8-5(7-1)11-6-9-3-4-10-6/h1-11H. The van der Waals surface area contributed by atoms with Gasteiger partial charge in [0.2, 0.25) is 0 Å². The van der Waals surface area contributed by atoms with Gasteiger partial charge < -0.3 is 21.3 Å². The third kappa shape index (κ3) is 1.57. The molecule has 4 nitrogen and oxygen atoms in total. The molecule has 0 fully saturated rings. The van der Waals surface area contributed by atoms with Gasteiger partial charge in [-0.15, -0.1) is 0 Å². The molecule has 0 aromatic carbocycles. The van der Waals surface area contributed by atoms with Gasteiger partial charge in [0.05, 0.1) is 0 Å². The molecule has 0 radical (unpaired) electrons. The van der Waals surface area contributed by atoms with E-state index in [-0.39, 0.29) is 0 Å². The van der Waals surface area contributed by atoms with Crippen molar-refractivity contribution < 1.29 is 0 Å². The van der Waals surface area contributed by atoms with Crippen LogP contribution in [0.4, 0.5) is 0 Å². The number of hydrogen-bond donors (Lipinski definition) is 4. The second-order valence-corrected chi connectivity index (χ2v) is 3.85. The zero-order chi connectivity index (χ0) is 7.52. The third-order valence-corrected chi connectivity index (χ3v) is 2.88. The molecular weight excluding hydrogens is 159 g/mol. The molecular formula is C6H11N4P. The van der Waals surface area contributed by atoms with Crippen LogP contribution in [0.2, 0.25) is 0 Å². The Labute approximate surface area is 67.3 Å². The van der Waals surface area contributed by atoms with E-state index in [4.69, 9.17) is 0 Å². The molecule has 0 amide bonds. The molecule has 0 aromatic heterocycles. The van der Waals surface area contributed by atoms with Crippen LogP contribution < -0.4 is 21.3 Å². The molecule has 0 spiro atoms. The maximum Gasteiger partial charge on any atom is 0.116 e. The summed E-state index contributed by atoms with van der Waals surface area (Å²) in [5, 5.41) is 12.8. The summed E-state index contributed by atoms with van der Waals surface area (Å²) in [6, 6.07) is 0. The smallest absolute Gasteiger partial charge is 0.116 e. The van der Waals surface area contributed by atoms with Gasteiger partial charge in [-0.05, 0) is 8.58 Å². The van der Waals surface area contributed by atoms with E-state index in [1.54, 1.807) is 0 Å². The predicted octanol–water partition coefficient (Wildman–Crippen LogP) is -0.440. The molecule has 5 heteroatoms. The Morgan fingerprint density at radius 2 is 1.09 bits per heavy atom. The van der Waals surface area contributed by atoms with Crippen molar-refractivity contribution in [1.82, 2.24) is 21.3 Å². The van der Waals surface area contributed by atoms with Crippen LogP contribution in [-0.4, -0.2) is 11.8 Å². The first-order valence-corrected chi connectivity index (χ1v) is 4.71. The number of hydrogen-bond acceptors (Lipinski definition) is 4. The van der Waals surface area contributed by atoms with E-state index >= 15 is 0 Å². The van der Waals surface area contributed by atoms with Crippen molar-refractivity contribution in [3.63, 3.8) is 0 Å². The van der Waals surface area contributed by atoms with Crippen molar-refractivity contribution in [2.75, 3.05) is 0 Å². The molecule has 0 saturated heterocycles. The van der Waals surface area contributed by atoms with Crippen LogP contribution >= 0.6 is 8.58 Å². The van der Waals surface area contributed by atoms with E-state index in [9.17, 15) is 0 Å². The van der Waals surface area contributed by atoms with Gasteiger partial charge in [-0.3, -0.25) is 0 Å². The van der Waals surface area contributed by atoms with Crippen LogP contribution in [0.15, 0.2) is 24.8 Å². The van der Waals surface area contributed by atoms with Gasteiger partial charge in [0.15, 0.2) is 0 Å². The molecule has 0 saturated carbocycles. The molecule has 2 rings (SSSR count). The van der Waals surface area contributed by atoms with E-state index in [0.717, 1.165) is 8.58 Å². The van der Waals surface area contributed by atoms with Gasteiger partial charge in [0.25, 0.3) is 0 Å². The molecule has 0 unspecified atom stereocenters. The third-order valence-electron chi connectivity index (χ3n) is 1.55. The second-order valence-electron chi connectivity index (χ2n) is 2.37. The van der Waals surface area contributed by atoms with Crippen molar-refractivity contribution in [3.05, 3.63) is 24.8 Å². The maximum absolute atomic E-state index is 3.20. The first-order chi connectivity index (χ1) is 5.45. The van der Waals surface area contributed by atoms with Crippen LogP contribution in [0, 0.1) is 0 Å². The second kappa shape index (κ2) is 3.01. The predicted molar refractivity (Wildman–Crippen MR) is 46.7 cm³/mol. The summed E-state index contributed by atoms with van der Waals surface area (Å²) in [5.74, 6) is 0.778. The van der Waals surface area contributed by atoms with E-state index in [1.165, 1.54) is 0 Å². The summed E-state index contributed by atoms with van der Waals surface area (Å²) in [6.45, 7) is 0. The Kier molecular flexibility index (Phi) is 1.86. The molecule has 0 aromatic rings. The van der Waals surface area contributed by atoms with Crippen molar-refractivity contribution in [2.45, 2.75) is 11.8 Å². The van der Waals surface area contributed by atoms with Gasteiger partial charge in [-0.2, -0.15) is 0 Å². The average molecular weight is 170 g/mol. The molecule has 2 heterocycles. The first kappa shape index (κ1) is 6.80. The molecule has 60 valence electrons. The molecule has 0 bridgehead atoms. The highest BCUT2D eigenvalue weighted by molar-refractivity contribution is 7.39. The summed E-state index contributed by atoms with van der Waals surface area (Å²) in [6.07, 6.45) is 7.72. The van der Waals surface area contributed by atoms with Crippen molar-refractivity contribution in [3.8, 4) is 0 Å². The van der Waals surface area contributed by atoms with Gasteiger partial charge in [0.1, 0.15) is 11.8 Å². The van der Waals surface area contributed by atoms with Crippen molar-refractivity contribution >= 4 is 8.58 Å². The maximum atomic E-state index is 3.20. The lowest BCUT2D eigenvalue weighted by Gasteiger charge is -2.18. The minimum atomic E-state index is 0.389. The Morgan fingerprint density at radius 3 is 1.45 bits per heavy atom. The van der Waals surface area contributed by atoms with Crippen molar-refractivity contribution in [1.29, 1.82) is 0 Å². The van der Waals surface area contributed by atoms with Crippen LogP contribution in [-0.2, 0) is 0 Å². The quantitative estimate of drug-likeness (QED) is 0.424. The van der Waals surface area contributed by atoms with Gasteiger partial charge >= 0.3 is 0 Å². The first-order valence-electron chi connectivity index (χ1n) is 3.55. The topological polar surface area (TPSA) is 48.1 Å². The fraction of sp³-hybridized carbons (Fsp3) is 0.333. The zero-order valence-corrected chi connectivity index (χ0v) is 6.96. The summed E-state index contributed by atoms with van der Waals surface area (Å²) in [7, 11) is 0.770. The van der Waals surface area contributed by atoms with E-state index in [2.05, 4.69) is 21.3 Å². The molecule has 0 atom stereocenters. The van der Waals surface area contributed by atoms with Gasteiger partial charge in [0, 0.05) is 24.8 Å². The van der Waals surface area contributed by atoms with Crippen molar-refractivity contribution in [2.24, 2.45) is 0 Å². The van der Waals surface area contributed by atoms with Crippen LogP contribution in [0.1, 0.15) is 0 Å². The van der Waals surface area contributed by atoms with Gasteiger partial charge in [-0.25, -0.2) is 0 Å². The summed E-state index contributed by atoms with van der Waals surface area (Å²) >= 11 is 0. The minimum absolute atomic E-state index is 0.389. The SMILES string of the molecule is C1=CNC(PC2NC=CN2)N1. The van der Waals surface area contributed by atoms with E-state index in [1.807, 2.05) is 24.8 Å². The highest BCUT2D eigenvalue weighted by atomic mass is 31.1. The van der Waals surface area contributed by atoms with Crippen LogP contribution in [0.5, 0.6) is 0 Å². The Hall–Kier alpha value is -0.890. The lowest BCUT2D eigenvalue weighted by atomic mass is 11.0. The highest BCUT2D eigenvalue weighted by Gasteiger charge is 2.15. The fourth-order valence-electron chi connectivity index (χ4n) is 1.03. The van der Waals surface area contributed by atoms with Gasteiger partial charge in [-0.1, -0.05) is 0 Å². The molecule has 4 N–H and O–H groups in total. The Balaban J connectivity index is 1.73. The number of nitrogens with one attached hydrogen (secondary N) is 4. The zero-order valence-electron chi connectivity index (χ0n) is 5.96. The summed E-state index contributed by atoms with van der Waals surface area (Å²) < 4.78 is 0. The molecule has 2 aliphatic heterocycles. The van der Waals surface area contributed by atoms with E-state index < -0.39 is 0 Å². The van der Waals surface area contributed by atoms with E-state index in [0.29, 0.717) is 11.8 Å². The summed E-state index contributed by atoms with van der Waals surface area (Å²) in [5.41, 5.74) is 0. The molecule has 2 aliphatic rings. The lowest BCUT2D eigenvalue weighted by molar-refractivity contribution is 0.711. The average Bonchev–Trinajstić information content (AvgIpc) is 2.60. The molecule has 0 aliphatic carbocycles. The highest BCUT2D eigenvalue weighted by Crippen LogP contribution is 2.21. The number of rotatable bonds is 2. The minimum Gasteiger partial charge on any atom is -0.367 e. The summed E-state index contributed by atoms with van der Waals surface area (Å²) in [4.78, 5) is 0. The van der Waals surface area contributed by atoms with Crippen LogP contribution in [0.3, 0.4) is 0 Å². The Morgan fingerprint density at radius 1 is 0.727 bits per heavy atom. The Bertz CT molecular complexity index is 155. The normalized spacial score (nSPS) is 22.5. The largest absolute Gasteiger partial charge is 0.367 e. The van der Waals surface area contributed by atoms with Crippen LogP contribution in [0.25, 0.3) is 0 Å². The molecule has 11 heavy (non-hydrogen) atoms. The lowest BCUT2D eigenvalue weighted by Crippen LogP contribution is -2.34.